The fraction of sp³-hybridized carbons (Fsp3) is 0.941. The predicted octanol–water partition coefficient (Wildman–Crippen LogP) is -8.54. The van der Waals surface area contributed by atoms with Crippen molar-refractivity contribution < 1.29 is 113 Å². The van der Waals surface area contributed by atoms with Crippen LogP contribution in [0.5, 0.6) is 0 Å². The molecular weight excluding hydrogens is 804 g/mol. The van der Waals surface area contributed by atoms with Gasteiger partial charge in [0.05, 0.1) is 32.0 Å². The van der Waals surface area contributed by atoms with Crippen molar-refractivity contribution >= 4 is 11.8 Å². The van der Waals surface area contributed by atoms with E-state index in [9.17, 15) is 65.8 Å². The van der Waals surface area contributed by atoms with Gasteiger partial charge in [0.1, 0.15) is 110 Å². The summed E-state index contributed by atoms with van der Waals surface area (Å²) in [6, 6.07) is -3.17. The summed E-state index contributed by atoms with van der Waals surface area (Å²) in [6.45, 7) is 2.32. The molecule has 59 heavy (non-hydrogen) atoms. The van der Waals surface area contributed by atoms with Gasteiger partial charge < -0.3 is 114 Å². The summed E-state index contributed by atoms with van der Waals surface area (Å²) in [5.74, 6) is -1.46. The molecule has 340 valence electrons. The summed E-state index contributed by atoms with van der Waals surface area (Å²) in [5.41, 5.74) is 0. The van der Waals surface area contributed by atoms with Crippen molar-refractivity contribution in [2.45, 2.75) is 181 Å². The molecule has 0 radical (unpaired) electrons. The van der Waals surface area contributed by atoms with E-state index < -0.39 is 185 Å². The van der Waals surface area contributed by atoms with E-state index >= 15 is 0 Å². The Morgan fingerprint density at radius 3 is 1.56 bits per heavy atom. The first-order chi connectivity index (χ1) is 27.9. The molecular formula is C34H56N2O23. The lowest BCUT2D eigenvalue weighted by molar-refractivity contribution is -0.401. The lowest BCUT2D eigenvalue weighted by Gasteiger charge is -2.51. The average Bonchev–Trinajstić information content (AvgIpc) is 3.18. The van der Waals surface area contributed by atoms with Crippen LogP contribution in [-0.4, -0.2) is 241 Å². The van der Waals surface area contributed by atoms with Crippen molar-refractivity contribution in [3.63, 3.8) is 0 Å². The van der Waals surface area contributed by atoms with Crippen LogP contribution >= 0.6 is 0 Å². The van der Waals surface area contributed by atoms with Gasteiger partial charge >= 0.3 is 0 Å². The predicted molar refractivity (Wildman–Crippen MR) is 184 cm³/mol. The van der Waals surface area contributed by atoms with Gasteiger partial charge in [-0.1, -0.05) is 0 Å². The van der Waals surface area contributed by atoms with Crippen LogP contribution in [0.15, 0.2) is 0 Å². The van der Waals surface area contributed by atoms with Gasteiger partial charge in [0.15, 0.2) is 31.5 Å². The van der Waals surface area contributed by atoms with E-state index in [1.165, 1.54) is 13.8 Å². The van der Waals surface area contributed by atoms with E-state index in [2.05, 4.69) is 10.6 Å². The van der Waals surface area contributed by atoms with Gasteiger partial charge in [-0.2, -0.15) is 0 Å². The van der Waals surface area contributed by atoms with Crippen LogP contribution in [0.1, 0.15) is 27.7 Å². The quantitative estimate of drug-likeness (QED) is 0.113. The Morgan fingerprint density at radius 2 is 0.949 bits per heavy atom. The summed E-state index contributed by atoms with van der Waals surface area (Å²) >= 11 is 0. The third-order valence-electron chi connectivity index (χ3n) is 11.3. The van der Waals surface area contributed by atoms with Gasteiger partial charge in [-0.25, -0.2) is 0 Å². The SMILES string of the molecule is CC(=O)N[C@@H]1[C@H](O[C@H]2[C@@H]3O[C@H]4[C@H](O[C@H]5[C@@H](O)[C@@H](CO)O[C@H](O[C@H]6[C@H](O)[C@@H](CO)O[C@@H](O[C@@H]2[C@@H](O)[C@H](C)O3)[C@@H]6NC(C)=O)[C@@H]5O)O[C@@H](C)[C@H](O)[C@H]4O)O[C@H](CO)[C@@H](O)[C@@H]1O. The first-order valence-corrected chi connectivity index (χ1v) is 19.3. The van der Waals surface area contributed by atoms with Crippen LogP contribution in [0.3, 0.4) is 0 Å². The zero-order valence-electron chi connectivity index (χ0n) is 32.4. The number of aliphatic hydroxyl groups excluding tert-OH is 11. The third-order valence-corrected chi connectivity index (χ3v) is 11.3. The number of ether oxygens (including phenoxy) is 10. The van der Waals surface area contributed by atoms with Crippen molar-refractivity contribution in [1.29, 1.82) is 0 Å². The molecule has 25 heteroatoms. The minimum Gasteiger partial charge on any atom is -0.394 e. The second-order valence-corrected chi connectivity index (χ2v) is 15.5. The van der Waals surface area contributed by atoms with E-state index in [4.69, 9.17) is 47.4 Å². The maximum atomic E-state index is 12.7. The van der Waals surface area contributed by atoms with Crippen LogP contribution in [-0.2, 0) is 57.0 Å². The highest BCUT2D eigenvalue weighted by Gasteiger charge is 2.59. The van der Waals surface area contributed by atoms with Gasteiger partial charge in [-0.05, 0) is 13.8 Å². The Kier molecular flexibility index (Phi) is 15.2. The Bertz CT molecular complexity index is 1420. The minimum absolute atomic E-state index is 0.721. The molecule has 0 aromatic heterocycles. The first-order valence-electron chi connectivity index (χ1n) is 19.3. The van der Waals surface area contributed by atoms with Gasteiger partial charge in [-0.15, -0.1) is 0 Å². The number of fused-ring (bicyclic) bond motifs is 7. The molecule has 13 N–H and O–H groups in total. The van der Waals surface area contributed by atoms with Crippen LogP contribution in [0.25, 0.3) is 0 Å². The smallest absolute Gasteiger partial charge is 0.217 e. The number of nitrogens with one attached hydrogen (secondary N) is 2. The van der Waals surface area contributed by atoms with Crippen molar-refractivity contribution in [3.8, 4) is 0 Å². The summed E-state index contributed by atoms with van der Waals surface area (Å²) < 4.78 is 60.4. The van der Waals surface area contributed by atoms with Crippen LogP contribution in [0.2, 0.25) is 0 Å². The van der Waals surface area contributed by atoms with Crippen molar-refractivity contribution in [2.75, 3.05) is 19.8 Å². The Morgan fingerprint density at radius 1 is 0.458 bits per heavy atom. The molecule has 6 heterocycles. The number of hydrogen-bond donors (Lipinski definition) is 13. The largest absolute Gasteiger partial charge is 0.394 e. The normalized spacial score (nSPS) is 51.9. The minimum atomic E-state index is -2.00. The Balaban J connectivity index is 1.51. The van der Waals surface area contributed by atoms with E-state index in [1.807, 2.05) is 0 Å². The standard InChI is InChI=1S/C34H56N2O23/c1-8-17(42)23(48)28-33(50-8)56-26-21(46)14(7-39)54-32(24(26)49)55-25-16(36-11(4)41)31(53-13(6-38)20(25)45)57-27-18(43)9(2)51-34(58-28)29(27)59-30-15(35-10(3)40)22(47)19(44)12(5-37)52-30/h8-9,12-34,37-39,42-49H,5-7H2,1-4H3,(H,35,40)(H,36,41)/t8-,9-,12+,13+,14+,15-,16+,17-,18-,19+,20+,21-,22+,23+,24+,25+,26-,27+,28+,29+,30-,31-,32+,33-,34-/m0/s1. The van der Waals surface area contributed by atoms with Crippen molar-refractivity contribution in [2.24, 2.45) is 0 Å². The second kappa shape index (κ2) is 19.2. The van der Waals surface area contributed by atoms with E-state index in [-0.39, 0.29) is 0 Å². The topological polar surface area (TPSA) is 373 Å². The zero-order valence-corrected chi connectivity index (χ0v) is 32.4. The number of aliphatic hydroxyl groups is 11. The number of carbonyl (C=O) groups is 2. The first kappa shape index (κ1) is 46.6. The maximum Gasteiger partial charge on any atom is 0.217 e. The molecule has 6 fully saturated rings. The summed E-state index contributed by atoms with van der Waals surface area (Å²) in [7, 11) is 0. The highest BCUT2D eigenvalue weighted by Crippen LogP contribution is 2.39. The number of amides is 2. The van der Waals surface area contributed by atoms with Gasteiger partial charge in [0.25, 0.3) is 0 Å². The van der Waals surface area contributed by atoms with Crippen LogP contribution in [0, 0.1) is 0 Å². The molecule has 0 spiro atoms. The number of carbonyl (C=O) groups excluding carboxylic acids is 2. The fourth-order valence-electron chi connectivity index (χ4n) is 8.07. The average molecular weight is 861 g/mol. The molecule has 6 rings (SSSR count). The Labute approximate surface area is 336 Å². The molecule has 0 saturated carbocycles. The van der Waals surface area contributed by atoms with Crippen LogP contribution < -0.4 is 10.6 Å². The molecule has 6 saturated heterocycles. The Hall–Kier alpha value is -1.90. The fourth-order valence-corrected chi connectivity index (χ4v) is 8.07. The molecule has 0 aliphatic carbocycles. The molecule has 25 nitrogen and oxygen atoms in total. The van der Waals surface area contributed by atoms with Gasteiger partial charge in [-0.3, -0.25) is 9.59 Å². The lowest BCUT2D eigenvalue weighted by Crippen LogP contribution is -2.70. The van der Waals surface area contributed by atoms with E-state index in [1.54, 1.807) is 0 Å². The highest BCUT2D eigenvalue weighted by atomic mass is 16.8. The third kappa shape index (κ3) is 9.41. The van der Waals surface area contributed by atoms with E-state index in [0.29, 0.717) is 0 Å². The second-order valence-electron chi connectivity index (χ2n) is 15.5. The van der Waals surface area contributed by atoms with Crippen molar-refractivity contribution in [1.82, 2.24) is 10.6 Å². The van der Waals surface area contributed by atoms with Crippen molar-refractivity contribution in [3.05, 3.63) is 0 Å². The molecule has 0 unspecified atom stereocenters. The molecule has 6 bridgehead atoms. The molecule has 6 aliphatic rings. The van der Waals surface area contributed by atoms with Gasteiger partial charge in [0.2, 0.25) is 11.8 Å². The molecule has 25 atom stereocenters. The summed E-state index contributed by atoms with van der Waals surface area (Å²) in [6.07, 6.45) is -39.7. The molecule has 0 aromatic rings. The zero-order chi connectivity index (χ0) is 43.2. The number of rotatable bonds is 7. The monoisotopic (exact) mass is 860 g/mol. The van der Waals surface area contributed by atoms with E-state index in [0.717, 1.165) is 13.8 Å². The summed E-state index contributed by atoms with van der Waals surface area (Å²) in [4.78, 5) is 25.0. The summed E-state index contributed by atoms with van der Waals surface area (Å²) in [5, 5.41) is 126. The highest BCUT2D eigenvalue weighted by molar-refractivity contribution is 5.73. The number of hydrogen-bond acceptors (Lipinski definition) is 23. The lowest BCUT2D eigenvalue weighted by atomic mass is 9.94. The van der Waals surface area contributed by atoms with Gasteiger partial charge in [0, 0.05) is 13.8 Å². The molecule has 2 amide bonds. The van der Waals surface area contributed by atoms with Crippen LogP contribution in [0.4, 0.5) is 0 Å². The molecule has 0 aromatic carbocycles. The maximum absolute atomic E-state index is 12.7. The molecule has 6 aliphatic heterocycles.